The third kappa shape index (κ3) is 7.82. The largest absolute Gasteiger partial charge is 0.396 e. The molecule has 0 spiro atoms. The lowest BCUT2D eigenvalue weighted by molar-refractivity contribution is 0.205. The van der Waals surface area contributed by atoms with Gasteiger partial charge >= 0.3 is 0 Å². The van der Waals surface area contributed by atoms with Crippen LogP contribution in [-0.4, -0.2) is 11.7 Å². The summed E-state index contributed by atoms with van der Waals surface area (Å²) in [7, 11) is 0. The third-order valence-corrected chi connectivity index (χ3v) is 6.01. The fourth-order valence-corrected chi connectivity index (χ4v) is 4.28. The molecule has 1 rings (SSSR count). The molecule has 1 N–H and O–H groups in total. The maximum Gasteiger partial charge on any atom is 0.0465 e. The molecule has 1 aliphatic rings. The summed E-state index contributed by atoms with van der Waals surface area (Å²) in [5.41, 5.74) is 3.32. The zero-order chi connectivity index (χ0) is 20.9. The number of allylic oxidation sites excluding steroid dienone is 7. The Kier molecular flexibility index (Phi) is 8.35. The van der Waals surface area contributed by atoms with E-state index in [1.165, 1.54) is 11.1 Å². The van der Waals surface area contributed by atoms with Crippen molar-refractivity contribution in [2.24, 2.45) is 28.1 Å². The highest BCUT2D eigenvalue weighted by atomic mass is 16.2. The average Bonchev–Trinajstić information content (AvgIpc) is 2.66. The van der Waals surface area contributed by atoms with Crippen LogP contribution in [-0.2, 0) is 0 Å². The summed E-state index contributed by atoms with van der Waals surface area (Å²) < 4.78 is 0. The minimum absolute atomic E-state index is 0.0443. The molecule has 2 atom stereocenters. The Labute approximate surface area is 169 Å². The Morgan fingerprint density at radius 3 is 2.26 bits per heavy atom. The molecular weight excluding hydrogens is 328 g/mol. The molecule has 0 aliphatic heterocycles. The number of rotatable bonds is 8. The second kappa shape index (κ2) is 9.41. The summed E-state index contributed by atoms with van der Waals surface area (Å²) in [6.07, 6.45) is 16.7. The van der Waals surface area contributed by atoms with Gasteiger partial charge in [0.05, 0.1) is 0 Å². The van der Waals surface area contributed by atoms with Crippen molar-refractivity contribution >= 4 is 0 Å². The van der Waals surface area contributed by atoms with Crippen molar-refractivity contribution in [3.63, 3.8) is 0 Å². The van der Waals surface area contributed by atoms with E-state index in [4.69, 9.17) is 0 Å². The Bertz CT molecular complexity index is 592. The van der Waals surface area contributed by atoms with Crippen molar-refractivity contribution in [1.29, 1.82) is 0 Å². The first-order valence-corrected chi connectivity index (χ1v) is 10.7. The minimum Gasteiger partial charge on any atom is -0.396 e. The van der Waals surface area contributed by atoms with Gasteiger partial charge < -0.3 is 5.11 Å². The first kappa shape index (κ1) is 24.0. The van der Waals surface area contributed by atoms with Gasteiger partial charge in [-0.2, -0.15) is 0 Å². The summed E-state index contributed by atoms with van der Waals surface area (Å²) in [4.78, 5) is 0. The molecule has 1 nitrogen and oxygen atoms in total. The highest BCUT2D eigenvalue weighted by Crippen LogP contribution is 2.42. The predicted octanol–water partition coefficient (Wildman–Crippen LogP) is 7.50. The zero-order valence-corrected chi connectivity index (χ0v) is 19.4. The number of hydrogen-bond acceptors (Lipinski definition) is 1. The van der Waals surface area contributed by atoms with E-state index in [9.17, 15) is 5.11 Å². The summed E-state index contributed by atoms with van der Waals surface area (Å²) in [6, 6.07) is 0. The van der Waals surface area contributed by atoms with E-state index in [0.717, 1.165) is 19.3 Å². The summed E-state index contributed by atoms with van der Waals surface area (Å²) in [5, 5.41) is 9.43. The molecule has 154 valence electrons. The van der Waals surface area contributed by atoms with Crippen LogP contribution in [0, 0.1) is 28.1 Å². The molecule has 0 amide bonds. The zero-order valence-electron chi connectivity index (χ0n) is 19.4. The first-order chi connectivity index (χ1) is 12.3. The van der Waals surface area contributed by atoms with Crippen LogP contribution >= 0.6 is 0 Å². The molecule has 0 heterocycles. The van der Waals surface area contributed by atoms with Crippen molar-refractivity contribution in [3.8, 4) is 0 Å². The van der Waals surface area contributed by atoms with Gasteiger partial charge in [0.25, 0.3) is 0 Å². The summed E-state index contributed by atoms with van der Waals surface area (Å²) in [6.45, 7) is 21.2. The Morgan fingerprint density at radius 2 is 1.74 bits per heavy atom. The van der Waals surface area contributed by atoms with Crippen LogP contribution in [0.4, 0.5) is 0 Å². The standard InChI is InChI=1S/C26H44O/c1-20(2)25(7,8)17-21(3)23(14-12-16-27)22-13-10-11-15-26(9,18-22)19-24(4,5)6/h10-11,13-15,18,20-21,27H,12,16-17,19H2,1-9H3. The molecule has 2 unspecified atom stereocenters. The van der Waals surface area contributed by atoms with Crippen LogP contribution in [0.25, 0.3) is 0 Å². The van der Waals surface area contributed by atoms with Crippen molar-refractivity contribution < 1.29 is 5.11 Å². The monoisotopic (exact) mass is 372 g/mol. The quantitative estimate of drug-likeness (QED) is 0.467. The van der Waals surface area contributed by atoms with E-state index in [1.807, 2.05) is 0 Å². The molecular formula is C26H44O. The number of hydrogen-bond donors (Lipinski definition) is 1. The number of aliphatic hydroxyl groups excluding tert-OH is 1. The van der Waals surface area contributed by atoms with Crippen LogP contribution < -0.4 is 0 Å². The second-order valence-electron chi connectivity index (χ2n) is 11.0. The van der Waals surface area contributed by atoms with Gasteiger partial charge in [0.2, 0.25) is 0 Å². The van der Waals surface area contributed by atoms with Gasteiger partial charge in [-0.1, -0.05) is 98.8 Å². The molecule has 0 aromatic rings. The highest BCUT2D eigenvalue weighted by Gasteiger charge is 2.30. The van der Waals surface area contributed by atoms with Gasteiger partial charge in [0.15, 0.2) is 0 Å². The maximum atomic E-state index is 9.43. The van der Waals surface area contributed by atoms with E-state index in [-0.39, 0.29) is 17.4 Å². The molecule has 0 radical (unpaired) electrons. The van der Waals surface area contributed by atoms with Gasteiger partial charge in [-0.3, -0.25) is 0 Å². The molecule has 27 heavy (non-hydrogen) atoms. The van der Waals surface area contributed by atoms with Crippen molar-refractivity contribution in [1.82, 2.24) is 0 Å². The van der Waals surface area contributed by atoms with Crippen LogP contribution in [0.3, 0.4) is 0 Å². The third-order valence-electron chi connectivity index (χ3n) is 6.01. The number of aliphatic hydroxyl groups is 1. The molecule has 0 saturated carbocycles. The van der Waals surface area contributed by atoms with Gasteiger partial charge in [-0.05, 0) is 53.1 Å². The first-order valence-electron chi connectivity index (χ1n) is 10.7. The van der Waals surface area contributed by atoms with Gasteiger partial charge in [0, 0.05) is 12.0 Å². The van der Waals surface area contributed by atoms with Gasteiger partial charge in [-0.25, -0.2) is 0 Å². The summed E-state index contributed by atoms with van der Waals surface area (Å²) in [5.74, 6) is 1.10. The highest BCUT2D eigenvalue weighted by molar-refractivity contribution is 5.46. The van der Waals surface area contributed by atoms with Crippen LogP contribution in [0.2, 0.25) is 0 Å². The topological polar surface area (TPSA) is 20.2 Å². The van der Waals surface area contributed by atoms with E-state index in [1.54, 1.807) is 0 Å². The van der Waals surface area contributed by atoms with Crippen LogP contribution in [0.5, 0.6) is 0 Å². The van der Waals surface area contributed by atoms with Gasteiger partial charge in [-0.15, -0.1) is 0 Å². The van der Waals surface area contributed by atoms with Gasteiger partial charge in [0.1, 0.15) is 0 Å². The molecule has 1 heteroatoms. The molecule has 0 bridgehead atoms. The smallest absolute Gasteiger partial charge is 0.0465 e. The van der Waals surface area contributed by atoms with Crippen LogP contribution in [0.1, 0.15) is 81.6 Å². The van der Waals surface area contributed by atoms with Crippen molar-refractivity contribution in [2.75, 3.05) is 6.61 Å². The summed E-state index contributed by atoms with van der Waals surface area (Å²) >= 11 is 0. The average molecular weight is 373 g/mol. The van der Waals surface area contributed by atoms with Crippen molar-refractivity contribution in [2.45, 2.75) is 81.6 Å². The Balaban J connectivity index is 3.27. The normalized spacial score (nSPS) is 22.8. The Morgan fingerprint density at radius 1 is 1.11 bits per heavy atom. The molecule has 0 aromatic heterocycles. The minimum atomic E-state index is 0.0443. The molecule has 1 aliphatic carbocycles. The fraction of sp³-hybridized carbons (Fsp3) is 0.692. The van der Waals surface area contributed by atoms with E-state index < -0.39 is 0 Å². The van der Waals surface area contributed by atoms with E-state index >= 15 is 0 Å². The Hall–Kier alpha value is -1.08. The van der Waals surface area contributed by atoms with Crippen molar-refractivity contribution in [3.05, 3.63) is 47.6 Å². The fourth-order valence-electron chi connectivity index (χ4n) is 4.28. The second-order valence-corrected chi connectivity index (χ2v) is 11.0. The molecule has 0 saturated heterocycles. The lowest BCUT2D eigenvalue weighted by Crippen LogP contribution is -2.24. The lowest BCUT2D eigenvalue weighted by Gasteiger charge is -2.34. The molecule has 0 aromatic carbocycles. The van der Waals surface area contributed by atoms with Crippen LogP contribution in [0.15, 0.2) is 47.6 Å². The predicted molar refractivity (Wildman–Crippen MR) is 121 cm³/mol. The maximum absolute atomic E-state index is 9.43. The SMILES string of the molecule is CC(CC(C)(C)C(C)C)C(=CCCO)C1=CC(C)(CC(C)(C)C)C=CC=C1. The lowest BCUT2D eigenvalue weighted by atomic mass is 9.70. The van der Waals surface area contributed by atoms with E-state index in [0.29, 0.717) is 17.3 Å². The molecule has 0 fully saturated rings. The van der Waals surface area contributed by atoms with E-state index in [2.05, 4.69) is 98.8 Å².